The van der Waals surface area contributed by atoms with Gasteiger partial charge in [0, 0.05) is 18.5 Å². The number of aromatic nitrogens is 3. The molecule has 29 heavy (non-hydrogen) atoms. The van der Waals surface area contributed by atoms with Crippen molar-refractivity contribution in [2.75, 3.05) is 6.54 Å². The smallest absolute Gasteiger partial charge is 0.290 e. The molecule has 0 bridgehead atoms. The number of amides is 2. The summed E-state index contributed by atoms with van der Waals surface area (Å²) in [5.41, 5.74) is 3.29. The van der Waals surface area contributed by atoms with Crippen molar-refractivity contribution in [3.05, 3.63) is 66.5 Å². The van der Waals surface area contributed by atoms with Gasteiger partial charge in [-0.3, -0.25) is 14.8 Å². The first-order chi connectivity index (χ1) is 14.2. The molecule has 3 rings (SSSR count). The SMILES string of the molecule is O=C(CCCCCNC(=O)c1nc(-c2ccccc2)n(-c2ccccc2)n1)NO. The van der Waals surface area contributed by atoms with Crippen LogP contribution < -0.4 is 10.8 Å². The molecule has 150 valence electrons. The summed E-state index contributed by atoms with van der Waals surface area (Å²) in [5.74, 6) is -0.0487. The first-order valence-electron chi connectivity index (χ1n) is 9.48. The Morgan fingerprint density at radius 2 is 1.62 bits per heavy atom. The number of nitrogens with one attached hydrogen (secondary N) is 2. The fourth-order valence-corrected chi connectivity index (χ4v) is 2.86. The lowest BCUT2D eigenvalue weighted by atomic mass is 10.2. The highest BCUT2D eigenvalue weighted by atomic mass is 16.5. The van der Waals surface area contributed by atoms with E-state index in [-0.39, 0.29) is 18.2 Å². The number of benzene rings is 2. The van der Waals surface area contributed by atoms with Gasteiger partial charge in [-0.25, -0.2) is 15.1 Å². The zero-order chi connectivity index (χ0) is 20.5. The van der Waals surface area contributed by atoms with E-state index in [0.29, 0.717) is 18.8 Å². The van der Waals surface area contributed by atoms with Crippen molar-refractivity contribution in [3.8, 4) is 17.1 Å². The van der Waals surface area contributed by atoms with Crippen LogP contribution in [0, 0.1) is 0 Å². The van der Waals surface area contributed by atoms with Crippen LogP contribution in [0.4, 0.5) is 0 Å². The molecule has 0 atom stereocenters. The summed E-state index contributed by atoms with van der Waals surface area (Å²) < 4.78 is 1.66. The standard InChI is InChI=1S/C21H23N5O3/c27-18(25-29)14-8-3-9-15-22-21(28)19-23-20(16-10-4-1-5-11-16)26(24-19)17-12-6-2-7-13-17/h1-2,4-7,10-13,29H,3,8-9,14-15H2,(H,22,28)(H,25,27). The molecule has 1 heterocycles. The maximum absolute atomic E-state index is 12.5. The van der Waals surface area contributed by atoms with E-state index in [1.165, 1.54) is 0 Å². The summed E-state index contributed by atoms with van der Waals surface area (Å²) in [4.78, 5) is 27.9. The Bertz CT molecular complexity index is 884. The Morgan fingerprint density at radius 3 is 2.31 bits per heavy atom. The maximum Gasteiger partial charge on any atom is 0.290 e. The van der Waals surface area contributed by atoms with Crippen molar-refractivity contribution in [2.24, 2.45) is 0 Å². The Balaban J connectivity index is 1.67. The number of para-hydroxylation sites is 1. The largest absolute Gasteiger partial charge is 0.349 e. The van der Waals surface area contributed by atoms with Crippen LogP contribution >= 0.6 is 0 Å². The zero-order valence-corrected chi connectivity index (χ0v) is 15.9. The van der Waals surface area contributed by atoms with E-state index >= 15 is 0 Å². The lowest BCUT2D eigenvalue weighted by Crippen LogP contribution is -2.25. The molecule has 0 radical (unpaired) electrons. The highest BCUT2D eigenvalue weighted by Crippen LogP contribution is 2.20. The molecule has 8 heteroatoms. The molecule has 0 aliphatic heterocycles. The Labute approximate surface area is 168 Å². The average Bonchev–Trinajstić information content (AvgIpc) is 3.22. The van der Waals surface area contributed by atoms with Gasteiger partial charge < -0.3 is 5.32 Å². The van der Waals surface area contributed by atoms with Gasteiger partial charge in [-0.1, -0.05) is 55.0 Å². The number of carbonyl (C=O) groups is 2. The molecule has 0 aliphatic carbocycles. The number of carbonyl (C=O) groups excluding carboxylic acids is 2. The van der Waals surface area contributed by atoms with E-state index in [1.807, 2.05) is 60.7 Å². The molecule has 0 saturated carbocycles. The van der Waals surface area contributed by atoms with E-state index in [1.54, 1.807) is 10.2 Å². The van der Waals surface area contributed by atoms with Crippen LogP contribution in [0.2, 0.25) is 0 Å². The van der Waals surface area contributed by atoms with Gasteiger partial charge in [0.2, 0.25) is 11.7 Å². The van der Waals surface area contributed by atoms with Gasteiger partial charge >= 0.3 is 0 Å². The first-order valence-corrected chi connectivity index (χ1v) is 9.48. The Kier molecular flexibility index (Phi) is 7.07. The number of hydroxylamine groups is 1. The summed E-state index contributed by atoms with van der Waals surface area (Å²) in [6.45, 7) is 0.458. The summed E-state index contributed by atoms with van der Waals surface area (Å²) >= 11 is 0. The van der Waals surface area contributed by atoms with Gasteiger partial charge in [0.05, 0.1) is 5.69 Å². The minimum Gasteiger partial charge on any atom is -0.349 e. The molecule has 0 spiro atoms. The van der Waals surface area contributed by atoms with Crippen LogP contribution in [0.5, 0.6) is 0 Å². The molecule has 0 fully saturated rings. The normalized spacial score (nSPS) is 10.5. The molecule has 2 amide bonds. The van der Waals surface area contributed by atoms with Crippen molar-refractivity contribution >= 4 is 11.8 Å². The summed E-state index contributed by atoms with van der Waals surface area (Å²) in [5, 5.41) is 15.7. The number of unbranched alkanes of at least 4 members (excludes halogenated alkanes) is 2. The Hall–Kier alpha value is -3.52. The molecule has 0 saturated heterocycles. The minimum absolute atomic E-state index is 0.104. The predicted molar refractivity (Wildman–Crippen MR) is 108 cm³/mol. The van der Waals surface area contributed by atoms with Crippen molar-refractivity contribution in [2.45, 2.75) is 25.7 Å². The second kappa shape index (κ2) is 10.1. The molecule has 8 nitrogen and oxygen atoms in total. The summed E-state index contributed by atoms with van der Waals surface area (Å²) in [7, 11) is 0. The lowest BCUT2D eigenvalue weighted by Gasteiger charge is -2.05. The molecule has 1 aromatic heterocycles. The second-order valence-electron chi connectivity index (χ2n) is 6.47. The molecular weight excluding hydrogens is 370 g/mol. The quantitative estimate of drug-likeness (QED) is 0.294. The highest BCUT2D eigenvalue weighted by Gasteiger charge is 2.18. The number of hydrogen-bond donors (Lipinski definition) is 3. The van der Waals surface area contributed by atoms with Crippen LogP contribution in [-0.4, -0.2) is 38.3 Å². The van der Waals surface area contributed by atoms with Crippen LogP contribution in [0.25, 0.3) is 17.1 Å². The molecule has 0 unspecified atom stereocenters. The van der Waals surface area contributed by atoms with E-state index in [9.17, 15) is 9.59 Å². The first kappa shape index (κ1) is 20.2. The van der Waals surface area contributed by atoms with Gasteiger partial charge in [-0.2, -0.15) is 0 Å². The lowest BCUT2D eigenvalue weighted by molar-refractivity contribution is -0.129. The molecular formula is C21H23N5O3. The van der Waals surface area contributed by atoms with E-state index in [0.717, 1.165) is 24.1 Å². The minimum atomic E-state index is -0.405. The topological polar surface area (TPSA) is 109 Å². The van der Waals surface area contributed by atoms with Crippen molar-refractivity contribution in [1.29, 1.82) is 0 Å². The Morgan fingerprint density at radius 1 is 0.931 bits per heavy atom. The van der Waals surface area contributed by atoms with Crippen LogP contribution in [0.1, 0.15) is 36.3 Å². The average molecular weight is 393 g/mol. The van der Waals surface area contributed by atoms with Crippen LogP contribution in [0.15, 0.2) is 60.7 Å². The number of rotatable bonds is 9. The van der Waals surface area contributed by atoms with Crippen molar-refractivity contribution in [1.82, 2.24) is 25.6 Å². The highest BCUT2D eigenvalue weighted by molar-refractivity contribution is 5.91. The van der Waals surface area contributed by atoms with Gasteiger partial charge in [0.15, 0.2) is 5.82 Å². The third kappa shape index (κ3) is 5.49. The van der Waals surface area contributed by atoms with E-state index < -0.39 is 5.91 Å². The van der Waals surface area contributed by atoms with E-state index in [2.05, 4.69) is 15.4 Å². The van der Waals surface area contributed by atoms with Crippen LogP contribution in [-0.2, 0) is 4.79 Å². The van der Waals surface area contributed by atoms with Crippen molar-refractivity contribution in [3.63, 3.8) is 0 Å². The van der Waals surface area contributed by atoms with Gasteiger partial charge in [-0.15, -0.1) is 5.10 Å². The number of nitrogens with zero attached hydrogens (tertiary/aromatic N) is 3. The second-order valence-corrected chi connectivity index (χ2v) is 6.47. The maximum atomic E-state index is 12.5. The van der Waals surface area contributed by atoms with Crippen LogP contribution in [0.3, 0.4) is 0 Å². The fourth-order valence-electron chi connectivity index (χ4n) is 2.86. The zero-order valence-electron chi connectivity index (χ0n) is 15.9. The third-order valence-electron chi connectivity index (χ3n) is 4.33. The molecule has 3 N–H and O–H groups in total. The van der Waals surface area contributed by atoms with Gasteiger partial charge in [0.25, 0.3) is 5.91 Å². The monoisotopic (exact) mass is 393 g/mol. The molecule has 3 aromatic rings. The fraction of sp³-hybridized carbons (Fsp3) is 0.238. The third-order valence-corrected chi connectivity index (χ3v) is 4.33. The summed E-state index contributed by atoms with van der Waals surface area (Å²) in [6.07, 6.45) is 2.37. The number of hydrogen-bond acceptors (Lipinski definition) is 5. The summed E-state index contributed by atoms with van der Waals surface area (Å²) in [6, 6.07) is 19.1. The van der Waals surface area contributed by atoms with Gasteiger partial charge in [-0.05, 0) is 25.0 Å². The molecule has 2 aromatic carbocycles. The predicted octanol–water partition coefficient (Wildman–Crippen LogP) is 2.73. The van der Waals surface area contributed by atoms with Crippen molar-refractivity contribution < 1.29 is 14.8 Å². The van der Waals surface area contributed by atoms with Gasteiger partial charge in [0.1, 0.15) is 0 Å². The molecule has 0 aliphatic rings. The van der Waals surface area contributed by atoms with E-state index in [4.69, 9.17) is 5.21 Å².